The van der Waals surface area contributed by atoms with Crippen molar-refractivity contribution in [2.24, 2.45) is 7.05 Å². The quantitative estimate of drug-likeness (QED) is 0.612. The summed E-state index contributed by atoms with van der Waals surface area (Å²) >= 11 is 0. The fraction of sp³-hybridized carbons (Fsp3) is 0.286. The van der Waals surface area contributed by atoms with Crippen LogP contribution in [-0.4, -0.2) is 4.57 Å². The lowest BCUT2D eigenvalue weighted by atomic mass is 9.93. The van der Waals surface area contributed by atoms with Crippen molar-refractivity contribution >= 4 is 10.9 Å². The van der Waals surface area contributed by atoms with Crippen molar-refractivity contribution in [3.63, 3.8) is 0 Å². The van der Waals surface area contributed by atoms with Gasteiger partial charge < -0.3 is 4.57 Å². The molecule has 23 heavy (non-hydrogen) atoms. The highest BCUT2D eigenvalue weighted by Crippen LogP contribution is 2.30. The first-order valence-electron chi connectivity index (χ1n) is 8.40. The average molecular weight is 305 g/mol. The van der Waals surface area contributed by atoms with Gasteiger partial charge in [0.25, 0.3) is 5.56 Å². The number of fused-ring (bicyclic) bond motifs is 1. The third kappa shape index (κ3) is 2.94. The monoisotopic (exact) mass is 305 g/mol. The maximum Gasteiger partial charge on any atom is 0.254 e. The van der Waals surface area contributed by atoms with E-state index in [1.54, 1.807) is 4.57 Å². The number of hydrogen-bond donors (Lipinski definition) is 0. The molecule has 0 unspecified atom stereocenters. The van der Waals surface area contributed by atoms with Gasteiger partial charge in [0.05, 0.1) is 5.52 Å². The number of aromatic nitrogens is 1. The van der Waals surface area contributed by atoms with Crippen LogP contribution in [0.4, 0.5) is 0 Å². The molecule has 0 saturated carbocycles. The Labute approximate surface area is 137 Å². The zero-order valence-corrected chi connectivity index (χ0v) is 13.9. The number of unbranched alkanes of at least 4 members (excludes halogenated alkanes) is 2. The molecule has 0 N–H and O–H groups in total. The normalized spacial score (nSPS) is 11.0. The van der Waals surface area contributed by atoms with E-state index >= 15 is 0 Å². The van der Waals surface area contributed by atoms with Crippen molar-refractivity contribution in [2.45, 2.75) is 32.6 Å². The van der Waals surface area contributed by atoms with Gasteiger partial charge in [0, 0.05) is 18.0 Å². The van der Waals surface area contributed by atoms with Crippen LogP contribution in [0, 0.1) is 0 Å². The van der Waals surface area contributed by atoms with E-state index in [2.05, 4.69) is 31.2 Å². The summed E-state index contributed by atoms with van der Waals surface area (Å²) < 4.78 is 1.79. The maximum atomic E-state index is 12.9. The topological polar surface area (TPSA) is 22.0 Å². The molecule has 2 aromatic carbocycles. The lowest BCUT2D eigenvalue weighted by Crippen LogP contribution is -2.23. The van der Waals surface area contributed by atoms with Crippen molar-refractivity contribution in [2.75, 3.05) is 0 Å². The Morgan fingerprint density at radius 2 is 1.61 bits per heavy atom. The van der Waals surface area contributed by atoms with E-state index in [4.69, 9.17) is 0 Å². The Balaban J connectivity index is 2.30. The van der Waals surface area contributed by atoms with Crippen molar-refractivity contribution in [3.8, 4) is 11.1 Å². The number of rotatable bonds is 5. The SMILES string of the molecule is CCCCCc1c(-c2ccccc2)c2ccccc2n(C)c1=O. The van der Waals surface area contributed by atoms with Crippen LogP contribution in [0.1, 0.15) is 31.7 Å². The summed E-state index contributed by atoms with van der Waals surface area (Å²) in [6, 6.07) is 18.5. The lowest BCUT2D eigenvalue weighted by Gasteiger charge is -2.16. The summed E-state index contributed by atoms with van der Waals surface area (Å²) in [5.41, 5.74) is 4.33. The molecule has 0 radical (unpaired) electrons. The molecule has 0 aliphatic rings. The zero-order valence-electron chi connectivity index (χ0n) is 13.9. The summed E-state index contributed by atoms with van der Waals surface area (Å²) in [6.45, 7) is 2.19. The first-order valence-corrected chi connectivity index (χ1v) is 8.40. The minimum Gasteiger partial charge on any atom is -0.311 e. The predicted octanol–water partition coefficient (Wildman–Crippen LogP) is 4.94. The summed E-state index contributed by atoms with van der Waals surface area (Å²) in [7, 11) is 1.88. The smallest absolute Gasteiger partial charge is 0.254 e. The average Bonchev–Trinajstić information content (AvgIpc) is 2.60. The predicted molar refractivity (Wildman–Crippen MR) is 97.9 cm³/mol. The second-order valence-corrected chi connectivity index (χ2v) is 6.06. The van der Waals surface area contributed by atoms with Crippen LogP contribution in [0.5, 0.6) is 0 Å². The second-order valence-electron chi connectivity index (χ2n) is 6.06. The fourth-order valence-electron chi connectivity index (χ4n) is 3.28. The van der Waals surface area contributed by atoms with Crippen molar-refractivity contribution in [1.82, 2.24) is 4.57 Å². The Hall–Kier alpha value is -2.35. The minimum atomic E-state index is 0.138. The van der Waals surface area contributed by atoms with E-state index in [1.807, 2.05) is 37.4 Å². The highest BCUT2D eigenvalue weighted by Gasteiger charge is 2.15. The molecular formula is C21H23NO. The van der Waals surface area contributed by atoms with Gasteiger partial charge in [0.15, 0.2) is 0 Å². The van der Waals surface area contributed by atoms with E-state index in [0.717, 1.165) is 53.3 Å². The molecule has 0 fully saturated rings. The van der Waals surface area contributed by atoms with Gasteiger partial charge in [-0.15, -0.1) is 0 Å². The van der Waals surface area contributed by atoms with Gasteiger partial charge in [-0.25, -0.2) is 0 Å². The van der Waals surface area contributed by atoms with E-state index in [9.17, 15) is 4.79 Å². The highest BCUT2D eigenvalue weighted by molar-refractivity contribution is 5.96. The van der Waals surface area contributed by atoms with Gasteiger partial charge in [-0.2, -0.15) is 0 Å². The van der Waals surface area contributed by atoms with E-state index in [1.165, 1.54) is 0 Å². The molecule has 0 aliphatic heterocycles. The zero-order chi connectivity index (χ0) is 16.2. The van der Waals surface area contributed by atoms with Crippen LogP contribution in [0.3, 0.4) is 0 Å². The largest absolute Gasteiger partial charge is 0.311 e. The number of para-hydroxylation sites is 1. The highest BCUT2D eigenvalue weighted by atomic mass is 16.1. The third-order valence-electron chi connectivity index (χ3n) is 4.49. The van der Waals surface area contributed by atoms with Crippen LogP contribution in [0.15, 0.2) is 59.4 Å². The summed E-state index contributed by atoms with van der Waals surface area (Å²) in [4.78, 5) is 12.9. The van der Waals surface area contributed by atoms with Crippen LogP contribution in [-0.2, 0) is 13.5 Å². The number of aryl methyl sites for hydroxylation is 1. The number of nitrogens with zero attached hydrogens (tertiary/aromatic N) is 1. The molecule has 0 amide bonds. The first-order chi connectivity index (χ1) is 11.2. The van der Waals surface area contributed by atoms with Gasteiger partial charge in [0.2, 0.25) is 0 Å². The third-order valence-corrected chi connectivity index (χ3v) is 4.49. The Morgan fingerprint density at radius 1 is 0.913 bits per heavy atom. The number of pyridine rings is 1. The number of hydrogen-bond acceptors (Lipinski definition) is 1. The van der Waals surface area contributed by atoms with Gasteiger partial charge in [-0.05, 0) is 30.0 Å². The molecule has 0 aliphatic carbocycles. The Bertz CT molecular complexity index is 862. The molecule has 2 nitrogen and oxygen atoms in total. The van der Waals surface area contributed by atoms with Crippen LogP contribution < -0.4 is 5.56 Å². The molecule has 0 atom stereocenters. The second kappa shape index (κ2) is 6.82. The summed E-state index contributed by atoms with van der Waals surface area (Å²) in [5.74, 6) is 0. The Morgan fingerprint density at radius 3 is 2.35 bits per heavy atom. The van der Waals surface area contributed by atoms with Crippen molar-refractivity contribution in [3.05, 3.63) is 70.5 Å². The van der Waals surface area contributed by atoms with Crippen molar-refractivity contribution in [1.29, 1.82) is 0 Å². The van der Waals surface area contributed by atoms with E-state index < -0.39 is 0 Å². The molecule has 118 valence electrons. The maximum absolute atomic E-state index is 12.9. The van der Waals surface area contributed by atoms with Crippen molar-refractivity contribution < 1.29 is 0 Å². The van der Waals surface area contributed by atoms with Gasteiger partial charge in [-0.3, -0.25) is 4.79 Å². The Kier molecular flexibility index (Phi) is 4.61. The summed E-state index contributed by atoms with van der Waals surface area (Å²) in [6.07, 6.45) is 4.22. The van der Waals surface area contributed by atoms with Crippen LogP contribution in [0.2, 0.25) is 0 Å². The number of benzene rings is 2. The van der Waals surface area contributed by atoms with Crippen LogP contribution in [0.25, 0.3) is 22.0 Å². The van der Waals surface area contributed by atoms with Gasteiger partial charge >= 0.3 is 0 Å². The molecule has 2 heteroatoms. The lowest BCUT2D eigenvalue weighted by molar-refractivity contribution is 0.709. The van der Waals surface area contributed by atoms with Gasteiger partial charge in [0.1, 0.15) is 0 Å². The molecule has 3 aromatic rings. The summed E-state index contributed by atoms with van der Waals surface area (Å²) in [5, 5.41) is 1.16. The molecule has 1 aromatic heterocycles. The molecule has 0 spiro atoms. The van der Waals surface area contributed by atoms with E-state index in [0.29, 0.717) is 0 Å². The molecule has 1 heterocycles. The molecule has 0 saturated heterocycles. The van der Waals surface area contributed by atoms with Crippen LogP contribution >= 0.6 is 0 Å². The first kappa shape index (κ1) is 15.5. The molecule has 3 rings (SSSR count). The molecule has 0 bridgehead atoms. The fourth-order valence-corrected chi connectivity index (χ4v) is 3.28. The van der Waals surface area contributed by atoms with Gasteiger partial charge in [-0.1, -0.05) is 68.3 Å². The minimum absolute atomic E-state index is 0.138. The van der Waals surface area contributed by atoms with E-state index in [-0.39, 0.29) is 5.56 Å². The standard InChI is InChI=1S/C21H23NO/c1-3-4-6-14-18-20(16-11-7-5-8-12-16)17-13-9-10-15-19(17)22(2)21(18)23/h5,7-13,15H,3-4,6,14H2,1-2H3. The molecular weight excluding hydrogens is 282 g/mol.